The maximum atomic E-state index is 13.0. The van der Waals surface area contributed by atoms with Crippen molar-refractivity contribution < 1.29 is 17.9 Å². The summed E-state index contributed by atoms with van der Waals surface area (Å²) in [5.74, 6) is 0.455. The van der Waals surface area contributed by atoms with Crippen molar-refractivity contribution in [1.29, 1.82) is 0 Å². The first-order chi connectivity index (χ1) is 15.8. The summed E-state index contributed by atoms with van der Waals surface area (Å²) >= 11 is 0. The zero-order chi connectivity index (χ0) is 23.2. The van der Waals surface area contributed by atoms with E-state index in [0.717, 1.165) is 24.1 Å². The van der Waals surface area contributed by atoms with Crippen molar-refractivity contribution >= 4 is 17.0 Å². The van der Waals surface area contributed by atoms with E-state index in [-0.39, 0.29) is 18.9 Å². The van der Waals surface area contributed by atoms with E-state index in [1.54, 1.807) is 0 Å². The van der Waals surface area contributed by atoms with Crippen molar-refractivity contribution in [3.8, 4) is 0 Å². The molecule has 0 radical (unpaired) electrons. The number of pyridine rings is 1. The van der Waals surface area contributed by atoms with Crippen molar-refractivity contribution in [2.45, 2.75) is 50.9 Å². The number of allylic oxidation sites excluding steroid dienone is 1. The largest absolute Gasteiger partial charge is 0.412 e. The lowest BCUT2D eigenvalue weighted by Gasteiger charge is -2.32. The van der Waals surface area contributed by atoms with Gasteiger partial charge in [-0.3, -0.25) is 4.68 Å². The van der Waals surface area contributed by atoms with Gasteiger partial charge in [0, 0.05) is 35.0 Å². The number of hydrogen-bond acceptors (Lipinski definition) is 6. The average Bonchev–Trinajstić information content (AvgIpc) is 3.52. The van der Waals surface area contributed by atoms with Crippen LogP contribution in [-0.2, 0) is 11.2 Å². The van der Waals surface area contributed by atoms with Crippen LogP contribution < -0.4 is 4.90 Å². The van der Waals surface area contributed by atoms with Gasteiger partial charge in [0.1, 0.15) is 6.10 Å². The van der Waals surface area contributed by atoms with Gasteiger partial charge in [-0.15, -0.1) is 0 Å². The van der Waals surface area contributed by atoms with Crippen LogP contribution in [0.15, 0.2) is 36.7 Å². The van der Waals surface area contributed by atoms with E-state index in [9.17, 15) is 13.2 Å². The fraction of sp³-hybridized carbons (Fsp3) is 0.478. The fourth-order valence-electron chi connectivity index (χ4n) is 3.99. The molecule has 1 aliphatic carbocycles. The highest BCUT2D eigenvalue weighted by molar-refractivity contribution is 5.78. The summed E-state index contributed by atoms with van der Waals surface area (Å²) in [5, 5.41) is 5.12. The highest BCUT2D eigenvalue weighted by atomic mass is 19.4. The van der Waals surface area contributed by atoms with Crippen molar-refractivity contribution in [3.63, 3.8) is 0 Å². The van der Waals surface area contributed by atoms with Gasteiger partial charge in [0.25, 0.3) is 0 Å². The van der Waals surface area contributed by atoms with Crippen LogP contribution in [0.4, 0.5) is 19.1 Å². The molecule has 10 heteroatoms. The molecule has 2 fully saturated rings. The first kappa shape index (κ1) is 21.8. The molecule has 0 aromatic carbocycles. The van der Waals surface area contributed by atoms with E-state index in [1.165, 1.54) is 0 Å². The van der Waals surface area contributed by atoms with E-state index >= 15 is 0 Å². The first-order valence-electron chi connectivity index (χ1n) is 11.1. The molecule has 3 aromatic heterocycles. The summed E-state index contributed by atoms with van der Waals surface area (Å²) < 4.78 is 46.9. The van der Waals surface area contributed by atoms with Crippen LogP contribution in [0.3, 0.4) is 0 Å². The Morgan fingerprint density at radius 1 is 1.21 bits per heavy atom. The van der Waals surface area contributed by atoms with Gasteiger partial charge in [-0.1, -0.05) is 6.58 Å². The summed E-state index contributed by atoms with van der Waals surface area (Å²) in [7, 11) is 0. The molecule has 3 aromatic rings. The number of morpholine rings is 1. The molecule has 0 bridgehead atoms. The van der Waals surface area contributed by atoms with E-state index in [2.05, 4.69) is 26.6 Å². The number of anilines is 1. The minimum atomic E-state index is -4.41. The summed E-state index contributed by atoms with van der Waals surface area (Å²) in [5.41, 5.74) is 2.04. The van der Waals surface area contributed by atoms with Crippen LogP contribution in [0.2, 0.25) is 0 Å². The number of fused-ring (bicyclic) bond motifs is 1. The molecule has 1 atom stereocenters. The lowest BCUT2D eigenvalue weighted by atomic mass is 10.1. The molecule has 0 N–H and O–H groups in total. The van der Waals surface area contributed by atoms with Crippen molar-refractivity contribution in [2.75, 3.05) is 24.6 Å². The highest BCUT2D eigenvalue weighted by Gasteiger charge is 2.32. The molecule has 0 unspecified atom stereocenters. The maximum absolute atomic E-state index is 13.0. The van der Waals surface area contributed by atoms with Gasteiger partial charge in [0.15, 0.2) is 5.65 Å². The molecule has 4 heterocycles. The zero-order valence-electron chi connectivity index (χ0n) is 18.3. The van der Waals surface area contributed by atoms with Gasteiger partial charge in [0.2, 0.25) is 5.95 Å². The summed E-state index contributed by atoms with van der Waals surface area (Å²) in [6.07, 6.45) is 1.47. The van der Waals surface area contributed by atoms with Gasteiger partial charge in [0.05, 0.1) is 31.1 Å². The van der Waals surface area contributed by atoms with Gasteiger partial charge in [-0.25, -0.2) is 9.97 Å². The molecular formula is C23H25F3N6O. The second kappa shape index (κ2) is 8.40. The van der Waals surface area contributed by atoms with Gasteiger partial charge >= 0.3 is 6.18 Å². The Labute approximate surface area is 189 Å². The molecule has 0 amide bonds. The molecule has 1 saturated carbocycles. The second-order valence-electron chi connectivity index (χ2n) is 8.69. The Hall–Kier alpha value is -3.01. The third kappa shape index (κ3) is 4.71. The van der Waals surface area contributed by atoms with Gasteiger partial charge in [-0.05, 0) is 44.7 Å². The third-order valence-corrected chi connectivity index (χ3v) is 6.09. The number of alkyl halides is 3. The van der Waals surface area contributed by atoms with E-state index in [4.69, 9.17) is 4.74 Å². The quantitative estimate of drug-likeness (QED) is 0.507. The van der Waals surface area contributed by atoms with Crippen LogP contribution in [0.1, 0.15) is 48.4 Å². The monoisotopic (exact) mass is 458 g/mol. The molecule has 1 saturated heterocycles. The van der Waals surface area contributed by atoms with Crippen LogP contribution in [-0.4, -0.2) is 50.6 Å². The first-order valence-corrected chi connectivity index (χ1v) is 11.1. The standard InChI is InChI=1S/C23H25F3N6O/c1-14(23(24,25)26)3-8-19-18-7-4-15(2)28-21(18)30-22(29-19)31-9-10-33-20(13-31)16-11-27-32(12-16)17-5-6-17/h4,7,11-12,17,20H,1,3,5-6,8-10,13H2,2H3/t20-/m0/s1. The molecular weight excluding hydrogens is 433 g/mol. The van der Waals surface area contributed by atoms with Crippen molar-refractivity contribution in [1.82, 2.24) is 24.7 Å². The summed E-state index contributed by atoms with van der Waals surface area (Å²) in [6, 6.07) is 4.13. The van der Waals surface area contributed by atoms with E-state index in [0.29, 0.717) is 48.4 Å². The Kier molecular flexibility index (Phi) is 5.55. The number of aromatic nitrogens is 5. The molecule has 33 heavy (non-hydrogen) atoms. The number of rotatable bonds is 6. The third-order valence-electron chi connectivity index (χ3n) is 6.09. The number of hydrogen-bond donors (Lipinski definition) is 0. The molecule has 2 aliphatic rings. The summed E-state index contributed by atoms with van der Waals surface area (Å²) in [4.78, 5) is 15.8. The molecule has 174 valence electrons. The Bertz CT molecular complexity index is 1190. The average molecular weight is 458 g/mol. The Morgan fingerprint density at radius 2 is 2.03 bits per heavy atom. The van der Waals surface area contributed by atoms with Crippen LogP contribution >= 0.6 is 0 Å². The van der Waals surface area contributed by atoms with Gasteiger partial charge < -0.3 is 9.64 Å². The lowest BCUT2D eigenvalue weighted by molar-refractivity contribution is -0.0935. The zero-order valence-corrected chi connectivity index (χ0v) is 18.3. The predicted octanol–water partition coefficient (Wildman–Crippen LogP) is 4.49. The SMILES string of the molecule is C=C(CCc1nc(N2CCO[C@H](c3cnn(C4CC4)c3)C2)nc2nc(C)ccc12)C(F)(F)F. The second-order valence-corrected chi connectivity index (χ2v) is 8.69. The van der Waals surface area contributed by atoms with Crippen molar-refractivity contribution in [3.05, 3.63) is 53.6 Å². The predicted molar refractivity (Wildman–Crippen MR) is 117 cm³/mol. The minimum Gasteiger partial charge on any atom is -0.370 e. The van der Waals surface area contributed by atoms with Crippen LogP contribution in [0.25, 0.3) is 11.0 Å². The molecule has 5 rings (SSSR count). The van der Waals surface area contributed by atoms with E-state index < -0.39 is 11.7 Å². The Morgan fingerprint density at radius 3 is 2.79 bits per heavy atom. The Balaban J connectivity index is 1.42. The number of nitrogens with zero attached hydrogens (tertiary/aromatic N) is 6. The van der Waals surface area contributed by atoms with Gasteiger partial charge in [-0.2, -0.15) is 23.3 Å². The van der Waals surface area contributed by atoms with E-state index in [1.807, 2.05) is 41.0 Å². The topological polar surface area (TPSA) is 69.0 Å². The molecule has 1 aliphatic heterocycles. The minimum absolute atomic E-state index is 0.108. The number of ether oxygens (including phenoxy) is 1. The smallest absolute Gasteiger partial charge is 0.370 e. The lowest BCUT2D eigenvalue weighted by Crippen LogP contribution is -2.39. The van der Waals surface area contributed by atoms with Crippen molar-refractivity contribution in [2.24, 2.45) is 0 Å². The highest BCUT2D eigenvalue weighted by Crippen LogP contribution is 2.35. The normalized spacial score (nSPS) is 19.3. The maximum Gasteiger partial charge on any atom is 0.412 e. The number of halogens is 3. The number of aryl methyl sites for hydroxylation is 2. The fourth-order valence-corrected chi connectivity index (χ4v) is 3.99. The molecule has 7 nitrogen and oxygen atoms in total. The van der Waals surface area contributed by atoms with Crippen LogP contribution in [0.5, 0.6) is 0 Å². The summed E-state index contributed by atoms with van der Waals surface area (Å²) in [6.45, 7) is 6.65. The molecule has 0 spiro atoms. The van der Waals surface area contributed by atoms with Crippen LogP contribution in [0, 0.1) is 6.92 Å².